The fourth-order valence-electron chi connectivity index (χ4n) is 2.12. The molecule has 0 aliphatic carbocycles. The molecule has 1 saturated heterocycles. The van der Waals surface area contributed by atoms with Gasteiger partial charge in [-0.1, -0.05) is 6.07 Å². The fourth-order valence-corrected chi connectivity index (χ4v) is 8.44. The van der Waals surface area contributed by atoms with Crippen molar-refractivity contribution in [2.75, 3.05) is 24.3 Å². The monoisotopic (exact) mass is 413 g/mol. The zero-order valence-electron chi connectivity index (χ0n) is 11.6. The second-order valence-electron chi connectivity index (χ2n) is 4.91. The van der Waals surface area contributed by atoms with Crippen molar-refractivity contribution in [1.82, 2.24) is 4.31 Å². The third-order valence-electron chi connectivity index (χ3n) is 3.21. The van der Waals surface area contributed by atoms with E-state index in [1.807, 2.05) is 6.92 Å². The third kappa shape index (κ3) is 3.64. The zero-order valence-corrected chi connectivity index (χ0v) is 15.6. The maximum atomic E-state index is 12.8. The normalized spacial score (nSPS) is 21.4. The van der Waals surface area contributed by atoms with E-state index in [4.69, 9.17) is 0 Å². The largest absolute Gasteiger partial charge is 0.245 e. The predicted octanol–water partition coefficient (Wildman–Crippen LogP) is 1.87. The number of halogens is 1. The average Bonchev–Trinajstić information content (AvgIpc) is 2.37. The van der Waals surface area contributed by atoms with Crippen molar-refractivity contribution in [2.24, 2.45) is 0 Å². The van der Waals surface area contributed by atoms with Crippen LogP contribution in [0, 0.1) is 6.92 Å². The molecule has 118 valence electrons. The molecule has 0 saturated carbocycles. The molecular weight excluding hydrogens is 398 g/mol. The van der Waals surface area contributed by atoms with E-state index >= 15 is 0 Å². The Bertz CT molecular complexity index is 746. The molecule has 9 heteroatoms. The van der Waals surface area contributed by atoms with E-state index in [1.165, 1.54) is 17.8 Å². The van der Waals surface area contributed by atoms with E-state index in [0.29, 0.717) is 10.2 Å². The van der Waals surface area contributed by atoms with Crippen LogP contribution < -0.4 is 0 Å². The van der Waals surface area contributed by atoms with Crippen LogP contribution in [-0.2, 0) is 19.9 Å². The molecule has 0 spiro atoms. The molecule has 0 aromatic heterocycles. The van der Waals surface area contributed by atoms with Crippen LogP contribution in [0.1, 0.15) is 5.56 Å². The van der Waals surface area contributed by atoms with Crippen LogP contribution in [0.2, 0.25) is 0 Å². The van der Waals surface area contributed by atoms with Gasteiger partial charge in [-0.05, 0) is 40.5 Å². The minimum absolute atomic E-state index is 0.105. The molecule has 1 atom stereocenters. The number of sulfonamides is 1. The molecule has 2 rings (SSSR count). The van der Waals surface area contributed by atoms with Crippen LogP contribution in [0.25, 0.3) is 0 Å². The summed E-state index contributed by atoms with van der Waals surface area (Å²) in [4.78, 5) is 0.105. The summed E-state index contributed by atoms with van der Waals surface area (Å²) in [7, 11) is -7.32. The molecular formula is C12H16BrNO4S3. The van der Waals surface area contributed by atoms with Crippen molar-refractivity contribution in [3.63, 3.8) is 0 Å². The van der Waals surface area contributed by atoms with Crippen LogP contribution in [0.5, 0.6) is 0 Å². The van der Waals surface area contributed by atoms with E-state index in [1.54, 1.807) is 12.1 Å². The van der Waals surface area contributed by atoms with Gasteiger partial charge in [-0.25, -0.2) is 16.8 Å². The van der Waals surface area contributed by atoms with Gasteiger partial charge >= 0.3 is 0 Å². The maximum Gasteiger partial charge on any atom is 0.245 e. The molecule has 5 nitrogen and oxygen atoms in total. The van der Waals surface area contributed by atoms with Crippen LogP contribution >= 0.6 is 27.7 Å². The molecule has 1 aliphatic heterocycles. The van der Waals surface area contributed by atoms with Gasteiger partial charge in [-0.15, -0.1) is 0 Å². The molecule has 0 N–H and O–H groups in total. The Labute approximate surface area is 138 Å². The highest BCUT2D eigenvalue weighted by Crippen LogP contribution is 2.31. The lowest BCUT2D eigenvalue weighted by atomic mass is 10.2. The first kappa shape index (κ1) is 17.3. The molecule has 1 aliphatic rings. The number of nitrogens with zero attached hydrogens (tertiary/aromatic N) is 1. The Morgan fingerprint density at radius 2 is 1.95 bits per heavy atom. The van der Waals surface area contributed by atoms with Crippen molar-refractivity contribution in [1.29, 1.82) is 0 Å². The number of thioether (sulfide) groups is 1. The van der Waals surface area contributed by atoms with E-state index in [-0.39, 0.29) is 17.2 Å². The SMILES string of the molecule is Cc1ccc(S(=O)(=O)N2CCSCC2S(C)(=O)=O)c(Br)c1. The van der Waals surface area contributed by atoms with Gasteiger partial charge in [0.1, 0.15) is 5.37 Å². The number of hydrogen-bond acceptors (Lipinski definition) is 5. The second-order valence-corrected chi connectivity index (χ2v) is 11.0. The van der Waals surface area contributed by atoms with Crippen LogP contribution in [0.3, 0.4) is 0 Å². The molecule has 1 aromatic rings. The van der Waals surface area contributed by atoms with Crippen LogP contribution in [0.4, 0.5) is 0 Å². The number of benzene rings is 1. The Hall–Kier alpha value is -0.0900. The Balaban J connectivity index is 2.51. The first-order valence-corrected chi connectivity index (χ1v) is 11.5. The zero-order chi connectivity index (χ0) is 15.8. The average molecular weight is 414 g/mol. The molecule has 21 heavy (non-hydrogen) atoms. The Morgan fingerprint density at radius 3 is 2.52 bits per heavy atom. The summed E-state index contributed by atoms with van der Waals surface area (Å²) in [6, 6.07) is 4.92. The summed E-state index contributed by atoms with van der Waals surface area (Å²) >= 11 is 4.71. The highest BCUT2D eigenvalue weighted by Gasteiger charge is 2.40. The second kappa shape index (κ2) is 6.19. The Kier molecular flexibility index (Phi) is 5.09. The van der Waals surface area contributed by atoms with E-state index < -0.39 is 25.2 Å². The van der Waals surface area contributed by atoms with Gasteiger partial charge in [0.2, 0.25) is 10.0 Å². The highest BCUT2D eigenvalue weighted by atomic mass is 79.9. The van der Waals surface area contributed by atoms with Gasteiger partial charge in [0.15, 0.2) is 9.84 Å². The lowest BCUT2D eigenvalue weighted by molar-refractivity contribution is 0.404. The van der Waals surface area contributed by atoms with Gasteiger partial charge in [-0.3, -0.25) is 0 Å². The number of rotatable bonds is 3. The molecule has 1 fully saturated rings. The lowest BCUT2D eigenvalue weighted by Crippen LogP contribution is -2.49. The van der Waals surface area contributed by atoms with Crippen molar-refractivity contribution >= 4 is 47.6 Å². The standard InChI is InChI=1S/C12H16BrNO4S3/c1-9-3-4-11(10(13)7-9)21(17,18)14-5-6-19-8-12(14)20(2,15)16/h3-4,7,12H,5-6,8H2,1-2H3. The van der Waals surface area contributed by atoms with Crippen molar-refractivity contribution in [2.45, 2.75) is 17.2 Å². The maximum absolute atomic E-state index is 12.8. The lowest BCUT2D eigenvalue weighted by Gasteiger charge is -2.33. The van der Waals surface area contributed by atoms with Gasteiger partial charge in [0.25, 0.3) is 0 Å². The summed E-state index contributed by atoms with van der Waals surface area (Å²) in [5.41, 5.74) is 0.926. The Morgan fingerprint density at radius 1 is 1.29 bits per heavy atom. The fraction of sp³-hybridized carbons (Fsp3) is 0.500. The van der Waals surface area contributed by atoms with E-state index in [9.17, 15) is 16.8 Å². The van der Waals surface area contributed by atoms with E-state index in [2.05, 4.69) is 15.9 Å². The van der Waals surface area contributed by atoms with Crippen molar-refractivity contribution < 1.29 is 16.8 Å². The van der Waals surface area contributed by atoms with E-state index in [0.717, 1.165) is 16.1 Å². The van der Waals surface area contributed by atoms with Gasteiger partial charge in [0, 0.05) is 28.8 Å². The van der Waals surface area contributed by atoms with Crippen molar-refractivity contribution in [3.8, 4) is 0 Å². The first-order chi connectivity index (χ1) is 9.64. The molecule has 0 amide bonds. The summed E-state index contributed by atoms with van der Waals surface area (Å²) in [5, 5.41) is -1.01. The molecule has 0 radical (unpaired) electrons. The molecule has 1 heterocycles. The number of hydrogen-bond donors (Lipinski definition) is 0. The van der Waals surface area contributed by atoms with Crippen LogP contribution in [0.15, 0.2) is 27.6 Å². The van der Waals surface area contributed by atoms with Crippen molar-refractivity contribution in [3.05, 3.63) is 28.2 Å². The smallest absolute Gasteiger partial charge is 0.227 e. The number of aryl methyl sites for hydroxylation is 1. The predicted molar refractivity (Wildman–Crippen MR) is 88.7 cm³/mol. The first-order valence-electron chi connectivity index (χ1n) is 6.18. The summed E-state index contributed by atoms with van der Waals surface area (Å²) < 4.78 is 50.9. The van der Waals surface area contributed by atoms with Gasteiger partial charge in [0.05, 0.1) is 4.90 Å². The topological polar surface area (TPSA) is 71.5 Å². The van der Waals surface area contributed by atoms with Gasteiger partial charge < -0.3 is 0 Å². The summed E-state index contributed by atoms with van der Waals surface area (Å²) in [6.07, 6.45) is 1.08. The molecule has 1 unspecified atom stereocenters. The molecule has 0 bridgehead atoms. The minimum atomic E-state index is -3.85. The quantitative estimate of drug-likeness (QED) is 0.755. The van der Waals surface area contributed by atoms with Gasteiger partial charge in [-0.2, -0.15) is 16.1 Å². The van der Waals surface area contributed by atoms with Crippen LogP contribution in [-0.4, -0.2) is 50.8 Å². The summed E-state index contributed by atoms with van der Waals surface area (Å²) in [6.45, 7) is 2.06. The highest BCUT2D eigenvalue weighted by molar-refractivity contribution is 9.10. The molecule has 1 aromatic carbocycles. The third-order valence-corrected chi connectivity index (χ3v) is 8.87. The number of sulfone groups is 1. The minimum Gasteiger partial charge on any atom is -0.227 e. The summed E-state index contributed by atoms with van der Waals surface area (Å²) in [5.74, 6) is 0.857.